The molecule has 3 nitrogen and oxygen atoms in total. The van der Waals surface area contributed by atoms with Crippen molar-refractivity contribution in [3.8, 4) is 5.75 Å². The molecule has 16 heavy (non-hydrogen) atoms. The SMILES string of the molecule is COc1ccc(C(C)NC(=O)C(C)S)cc1. The number of nitrogens with one attached hydrogen (secondary N) is 1. The third-order valence-electron chi connectivity index (χ3n) is 2.35. The molecule has 2 unspecified atom stereocenters. The molecule has 1 rings (SSSR count). The average molecular weight is 239 g/mol. The van der Waals surface area contributed by atoms with Gasteiger partial charge in [-0.1, -0.05) is 12.1 Å². The van der Waals surface area contributed by atoms with Crippen LogP contribution in [0.1, 0.15) is 25.5 Å². The molecule has 1 aromatic rings. The molecule has 0 aliphatic rings. The molecular weight excluding hydrogens is 222 g/mol. The highest BCUT2D eigenvalue weighted by Crippen LogP contribution is 2.17. The van der Waals surface area contributed by atoms with E-state index in [1.165, 1.54) is 0 Å². The quantitative estimate of drug-likeness (QED) is 0.790. The van der Waals surface area contributed by atoms with Crippen molar-refractivity contribution in [1.82, 2.24) is 5.32 Å². The van der Waals surface area contributed by atoms with E-state index in [-0.39, 0.29) is 17.2 Å². The number of ether oxygens (including phenoxy) is 1. The second-order valence-electron chi connectivity index (χ2n) is 3.68. The van der Waals surface area contributed by atoms with Crippen LogP contribution in [0.4, 0.5) is 0 Å². The predicted molar refractivity (Wildman–Crippen MR) is 68.0 cm³/mol. The van der Waals surface area contributed by atoms with E-state index in [2.05, 4.69) is 17.9 Å². The van der Waals surface area contributed by atoms with Gasteiger partial charge in [0.1, 0.15) is 5.75 Å². The molecule has 0 radical (unpaired) electrons. The maximum atomic E-state index is 11.4. The Hall–Kier alpha value is -1.16. The molecule has 1 amide bonds. The van der Waals surface area contributed by atoms with Gasteiger partial charge < -0.3 is 10.1 Å². The Bertz CT molecular complexity index is 349. The summed E-state index contributed by atoms with van der Waals surface area (Å²) in [4.78, 5) is 11.4. The van der Waals surface area contributed by atoms with Crippen LogP contribution in [0.15, 0.2) is 24.3 Å². The largest absolute Gasteiger partial charge is 0.497 e. The molecule has 1 N–H and O–H groups in total. The van der Waals surface area contributed by atoms with E-state index in [4.69, 9.17) is 4.74 Å². The van der Waals surface area contributed by atoms with Gasteiger partial charge in [0.2, 0.25) is 5.91 Å². The standard InChI is InChI=1S/C12H17NO2S/c1-8(13-12(14)9(2)16)10-4-6-11(15-3)7-5-10/h4-9,16H,1-3H3,(H,13,14). The summed E-state index contributed by atoms with van der Waals surface area (Å²) in [5.74, 6) is 0.747. The highest BCUT2D eigenvalue weighted by atomic mass is 32.1. The molecule has 0 fully saturated rings. The van der Waals surface area contributed by atoms with Crippen LogP contribution in [0.5, 0.6) is 5.75 Å². The molecule has 0 aromatic heterocycles. The Morgan fingerprint density at radius 3 is 2.31 bits per heavy atom. The molecule has 2 atom stereocenters. The summed E-state index contributed by atoms with van der Waals surface area (Å²) >= 11 is 4.08. The van der Waals surface area contributed by atoms with Crippen LogP contribution in [0.3, 0.4) is 0 Å². The fraction of sp³-hybridized carbons (Fsp3) is 0.417. The van der Waals surface area contributed by atoms with Crippen molar-refractivity contribution in [1.29, 1.82) is 0 Å². The number of hydrogen-bond donors (Lipinski definition) is 2. The van der Waals surface area contributed by atoms with Crippen LogP contribution >= 0.6 is 12.6 Å². The minimum absolute atomic E-state index is 0.0204. The summed E-state index contributed by atoms with van der Waals surface area (Å²) in [5.41, 5.74) is 1.04. The number of methoxy groups -OCH3 is 1. The normalized spacial score (nSPS) is 14.0. The molecule has 0 aliphatic carbocycles. The summed E-state index contributed by atoms with van der Waals surface area (Å²) in [6, 6.07) is 7.61. The molecule has 4 heteroatoms. The van der Waals surface area contributed by atoms with Crippen molar-refractivity contribution in [3.63, 3.8) is 0 Å². The van der Waals surface area contributed by atoms with Crippen molar-refractivity contribution in [2.24, 2.45) is 0 Å². The smallest absolute Gasteiger partial charge is 0.233 e. The van der Waals surface area contributed by atoms with Crippen molar-refractivity contribution in [3.05, 3.63) is 29.8 Å². The summed E-state index contributed by atoms with van der Waals surface area (Å²) in [7, 11) is 1.63. The summed E-state index contributed by atoms with van der Waals surface area (Å²) in [6.45, 7) is 3.69. The lowest BCUT2D eigenvalue weighted by molar-refractivity contribution is -0.120. The number of carbonyl (C=O) groups excluding carboxylic acids is 1. The van der Waals surface area contributed by atoms with Crippen molar-refractivity contribution in [2.45, 2.75) is 25.1 Å². The lowest BCUT2D eigenvalue weighted by Crippen LogP contribution is -2.31. The third-order valence-corrected chi connectivity index (χ3v) is 2.59. The fourth-order valence-corrected chi connectivity index (χ4v) is 1.38. The van der Waals surface area contributed by atoms with Gasteiger partial charge in [-0.15, -0.1) is 0 Å². The second-order valence-corrected chi connectivity index (χ2v) is 4.45. The Morgan fingerprint density at radius 2 is 1.88 bits per heavy atom. The fourth-order valence-electron chi connectivity index (χ4n) is 1.31. The Kier molecular flexibility index (Phi) is 4.68. The van der Waals surface area contributed by atoms with E-state index in [1.807, 2.05) is 31.2 Å². The van der Waals surface area contributed by atoms with Gasteiger partial charge in [0.05, 0.1) is 18.4 Å². The lowest BCUT2D eigenvalue weighted by atomic mass is 10.1. The van der Waals surface area contributed by atoms with E-state index >= 15 is 0 Å². The number of thiol groups is 1. The first-order valence-corrected chi connectivity index (χ1v) is 5.68. The van der Waals surface area contributed by atoms with E-state index in [9.17, 15) is 4.79 Å². The second kappa shape index (κ2) is 5.80. The van der Waals surface area contributed by atoms with Gasteiger partial charge in [-0.2, -0.15) is 12.6 Å². The minimum Gasteiger partial charge on any atom is -0.497 e. The zero-order chi connectivity index (χ0) is 12.1. The zero-order valence-electron chi connectivity index (χ0n) is 9.73. The van der Waals surface area contributed by atoms with Crippen molar-refractivity contribution >= 4 is 18.5 Å². The highest BCUT2D eigenvalue weighted by molar-refractivity contribution is 7.81. The van der Waals surface area contributed by atoms with Crippen LogP contribution in [0.25, 0.3) is 0 Å². The molecule has 0 heterocycles. The molecular formula is C12H17NO2S. The van der Waals surface area contributed by atoms with Crippen LogP contribution < -0.4 is 10.1 Å². The monoisotopic (exact) mass is 239 g/mol. The topological polar surface area (TPSA) is 38.3 Å². The van der Waals surface area contributed by atoms with Gasteiger partial charge in [-0.25, -0.2) is 0 Å². The van der Waals surface area contributed by atoms with Crippen LogP contribution in [-0.4, -0.2) is 18.3 Å². The van der Waals surface area contributed by atoms with Crippen LogP contribution in [0, 0.1) is 0 Å². The number of benzene rings is 1. The Morgan fingerprint density at radius 1 is 1.31 bits per heavy atom. The van der Waals surface area contributed by atoms with Gasteiger partial charge in [-0.3, -0.25) is 4.79 Å². The molecule has 0 spiro atoms. The van der Waals surface area contributed by atoms with E-state index in [0.29, 0.717) is 0 Å². The first-order valence-electron chi connectivity index (χ1n) is 5.17. The Labute approximate surface area is 102 Å². The van der Waals surface area contributed by atoms with Gasteiger partial charge in [0.25, 0.3) is 0 Å². The molecule has 0 saturated carbocycles. The summed E-state index contributed by atoms with van der Waals surface area (Å²) in [6.07, 6.45) is 0. The number of rotatable bonds is 4. The number of carbonyl (C=O) groups is 1. The molecule has 1 aromatic carbocycles. The van der Waals surface area contributed by atoms with Crippen molar-refractivity contribution < 1.29 is 9.53 Å². The number of hydrogen-bond acceptors (Lipinski definition) is 3. The summed E-state index contributed by atoms with van der Waals surface area (Å²) in [5, 5.41) is 2.59. The first kappa shape index (κ1) is 12.9. The van der Waals surface area contributed by atoms with E-state index < -0.39 is 0 Å². The molecule has 88 valence electrons. The van der Waals surface area contributed by atoms with Gasteiger partial charge >= 0.3 is 0 Å². The first-order chi connectivity index (χ1) is 7.54. The zero-order valence-corrected chi connectivity index (χ0v) is 10.6. The summed E-state index contributed by atoms with van der Waals surface area (Å²) < 4.78 is 5.07. The average Bonchev–Trinajstić information content (AvgIpc) is 2.28. The number of amides is 1. The Balaban J connectivity index is 2.65. The van der Waals surface area contributed by atoms with Gasteiger partial charge in [0.15, 0.2) is 0 Å². The van der Waals surface area contributed by atoms with Crippen molar-refractivity contribution in [2.75, 3.05) is 7.11 Å². The minimum atomic E-state index is -0.291. The molecule has 0 bridgehead atoms. The molecule has 0 aliphatic heterocycles. The van der Waals surface area contributed by atoms with Gasteiger partial charge in [-0.05, 0) is 31.5 Å². The van der Waals surface area contributed by atoms with E-state index in [0.717, 1.165) is 11.3 Å². The van der Waals surface area contributed by atoms with Crippen LogP contribution in [-0.2, 0) is 4.79 Å². The highest BCUT2D eigenvalue weighted by Gasteiger charge is 2.12. The van der Waals surface area contributed by atoms with E-state index in [1.54, 1.807) is 14.0 Å². The maximum Gasteiger partial charge on any atom is 0.233 e. The third kappa shape index (κ3) is 3.45. The molecule has 0 saturated heterocycles. The van der Waals surface area contributed by atoms with Crippen LogP contribution in [0.2, 0.25) is 0 Å². The lowest BCUT2D eigenvalue weighted by Gasteiger charge is -2.15. The predicted octanol–water partition coefficient (Wildman–Crippen LogP) is 2.19. The maximum absolute atomic E-state index is 11.4. The van der Waals surface area contributed by atoms with Gasteiger partial charge in [0, 0.05) is 0 Å².